The molecule has 7 nitrogen and oxygen atoms in total. The minimum atomic E-state index is 0.156. The van der Waals surface area contributed by atoms with Crippen molar-refractivity contribution in [1.29, 1.82) is 0 Å². The van der Waals surface area contributed by atoms with Gasteiger partial charge in [0.1, 0.15) is 12.4 Å². The van der Waals surface area contributed by atoms with E-state index in [9.17, 15) is 4.79 Å². The van der Waals surface area contributed by atoms with Crippen molar-refractivity contribution in [3.63, 3.8) is 0 Å². The molecular weight excluding hydrogens is 470 g/mol. The van der Waals surface area contributed by atoms with E-state index in [0.717, 1.165) is 56.5 Å². The van der Waals surface area contributed by atoms with E-state index >= 15 is 0 Å². The second kappa shape index (κ2) is 10.8. The normalized spacial score (nSPS) is 16.6. The van der Waals surface area contributed by atoms with Crippen molar-refractivity contribution in [2.75, 3.05) is 31.9 Å². The van der Waals surface area contributed by atoms with Gasteiger partial charge in [0.2, 0.25) is 5.91 Å². The summed E-state index contributed by atoms with van der Waals surface area (Å²) in [7, 11) is 0. The minimum Gasteiger partial charge on any atom is -0.484 e. The lowest BCUT2D eigenvalue weighted by Gasteiger charge is -2.34. The molecule has 34 heavy (non-hydrogen) atoms. The maximum Gasteiger partial charge on any atom is 0.233 e. The van der Waals surface area contributed by atoms with Crippen molar-refractivity contribution < 1.29 is 9.53 Å². The molecule has 2 aliphatic rings. The van der Waals surface area contributed by atoms with Crippen molar-refractivity contribution in [3.05, 3.63) is 71.0 Å². The summed E-state index contributed by atoms with van der Waals surface area (Å²) >= 11 is 7.67. The maximum absolute atomic E-state index is 12.9. The summed E-state index contributed by atoms with van der Waals surface area (Å²) in [6, 6.07) is 18.3. The average molecular weight is 498 g/mol. The summed E-state index contributed by atoms with van der Waals surface area (Å²) < 4.78 is 8.02. The third-order valence-corrected chi connectivity index (χ3v) is 7.38. The van der Waals surface area contributed by atoms with E-state index in [1.807, 2.05) is 29.2 Å². The molecular formula is C25H28ClN5O2S. The van der Waals surface area contributed by atoms with Crippen LogP contribution in [0.5, 0.6) is 5.75 Å². The van der Waals surface area contributed by atoms with Gasteiger partial charge in [0.15, 0.2) is 11.0 Å². The zero-order valence-corrected chi connectivity index (χ0v) is 20.5. The summed E-state index contributed by atoms with van der Waals surface area (Å²) in [5.41, 5.74) is 1.31. The van der Waals surface area contributed by atoms with Crippen LogP contribution in [0.1, 0.15) is 30.3 Å². The number of hydrogen-bond acceptors (Lipinski definition) is 6. The van der Waals surface area contributed by atoms with Crippen LogP contribution in [-0.4, -0.2) is 62.4 Å². The summed E-state index contributed by atoms with van der Waals surface area (Å²) in [4.78, 5) is 17.2. The van der Waals surface area contributed by atoms with Crippen LogP contribution in [0.2, 0.25) is 5.02 Å². The van der Waals surface area contributed by atoms with Gasteiger partial charge in [-0.25, -0.2) is 0 Å². The average Bonchev–Trinajstić information content (AvgIpc) is 3.63. The van der Waals surface area contributed by atoms with Crippen LogP contribution < -0.4 is 4.74 Å². The van der Waals surface area contributed by atoms with Gasteiger partial charge in [0, 0.05) is 38.8 Å². The van der Waals surface area contributed by atoms with Crippen molar-refractivity contribution in [2.24, 2.45) is 0 Å². The van der Waals surface area contributed by atoms with Gasteiger partial charge in [-0.15, -0.1) is 10.2 Å². The van der Waals surface area contributed by atoms with Gasteiger partial charge in [-0.1, -0.05) is 65.8 Å². The third-order valence-electron chi connectivity index (χ3n) is 6.14. The standard InChI is InChI=1S/C25H28ClN5O2S/c26-21-8-4-5-9-22(21)33-17-23-27-28-25(31(23)20-10-11-20)34-18-24(32)30-14-12-29(13-15-30)16-19-6-2-1-3-7-19/h1-9,20H,10-18H2. The Kier molecular flexibility index (Phi) is 7.37. The number of rotatable bonds is 9. The summed E-state index contributed by atoms with van der Waals surface area (Å²) in [6.45, 7) is 4.55. The number of ether oxygens (including phenoxy) is 1. The minimum absolute atomic E-state index is 0.156. The lowest BCUT2D eigenvalue weighted by atomic mass is 10.2. The van der Waals surface area contributed by atoms with Gasteiger partial charge in [-0.05, 0) is 30.5 Å². The molecule has 178 valence electrons. The van der Waals surface area contributed by atoms with Gasteiger partial charge in [0.25, 0.3) is 0 Å². The number of nitrogens with zero attached hydrogens (tertiary/aromatic N) is 5. The molecule has 1 aliphatic heterocycles. The number of carbonyl (C=O) groups is 1. The predicted molar refractivity (Wildman–Crippen MR) is 133 cm³/mol. The zero-order chi connectivity index (χ0) is 23.3. The maximum atomic E-state index is 12.9. The Morgan fingerprint density at radius 3 is 2.47 bits per heavy atom. The largest absolute Gasteiger partial charge is 0.484 e. The first-order valence-electron chi connectivity index (χ1n) is 11.7. The van der Waals surface area contributed by atoms with Crippen LogP contribution in [0.4, 0.5) is 0 Å². The fraction of sp³-hybridized carbons (Fsp3) is 0.400. The fourth-order valence-electron chi connectivity index (χ4n) is 4.12. The van der Waals surface area contributed by atoms with Crippen LogP contribution in [-0.2, 0) is 17.9 Å². The Hall–Kier alpha value is -2.55. The highest BCUT2D eigenvalue weighted by molar-refractivity contribution is 7.99. The molecule has 0 radical (unpaired) electrons. The van der Waals surface area contributed by atoms with E-state index in [1.165, 1.54) is 17.3 Å². The first-order valence-corrected chi connectivity index (χ1v) is 13.0. The summed E-state index contributed by atoms with van der Waals surface area (Å²) in [6.07, 6.45) is 2.20. The third kappa shape index (κ3) is 5.74. The van der Waals surface area contributed by atoms with E-state index in [1.54, 1.807) is 6.07 Å². The van der Waals surface area contributed by atoms with Gasteiger partial charge >= 0.3 is 0 Å². The predicted octanol–water partition coefficient (Wildman–Crippen LogP) is 4.28. The molecule has 2 heterocycles. The number of hydrogen-bond donors (Lipinski definition) is 0. The van der Waals surface area contributed by atoms with Crippen LogP contribution in [0.3, 0.4) is 0 Å². The van der Waals surface area contributed by atoms with Crippen LogP contribution >= 0.6 is 23.4 Å². The molecule has 3 aromatic rings. The Bertz CT molecular complexity index is 1110. The van der Waals surface area contributed by atoms with Crippen LogP contribution in [0.15, 0.2) is 59.8 Å². The van der Waals surface area contributed by atoms with E-state index in [2.05, 4.69) is 43.9 Å². The Labute approximate surface area is 209 Å². The molecule has 2 aromatic carbocycles. The number of halogens is 1. The SMILES string of the molecule is O=C(CSc1nnc(COc2ccccc2Cl)n1C1CC1)N1CCN(Cc2ccccc2)CC1. The van der Waals surface area contributed by atoms with Gasteiger partial charge in [-0.2, -0.15) is 0 Å². The number of benzene rings is 2. The lowest BCUT2D eigenvalue weighted by Crippen LogP contribution is -2.48. The molecule has 1 saturated heterocycles. The molecule has 0 atom stereocenters. The fourth-order valence-corrected chi connectivity index (χ4v) is 5.24. The zero-order valence-electron chi connectivity index (χ0n) is 19.0. The Morgan fingerprint density at radius 1 is 1.00 bits per heavy atom. The van der Waals surface area contributed by atoms with Gasteiger partial charge in [0.05, 0.1) is 10.8 Å². The van der Waals surface area contributed by atoms with E-state index < -0.39 is 0 Å². The van der Waals surface area contributed by atoms with Crippen molar-refractivity contribution in [2.45, 2.75) is 37.2 Å². The van der Waals surface area contributed by atoms with Crippen molar-refractivity contribution in [3.8, 4) is 5.75 Å². The second-order valence-electron chi connectivity index (χ2n) is 8.65. The molecule has 9 heteroatoms. The van der Waals surface area contributed by atoms with Crippen LogP contribution in [0, 0.1) is 0 Å². The molecule has 0 unspecified atom stereocenters. The van der Waals surface area contributed by atoms with Gasteiger partial charge < -0.3 is 9.64 Å². The number of piperazine rings is 1. The quantitative estimate of drug-likeness (QED) is 0.411. The second-order valence-corrected chi connectivity index (χ2v) is 10.00. The molecule has 0 bridgehead atoms. The number of carbonyl (C=O) groups excluding carboxylic acids is 1. The Balaban J connectivity index is 1.13. The smallest absolute Gasteiger partial charge is 0.233 e. The first-order chi connectivity index (χ1) is 16.7. The van der Waals surface area contributed by atoms with E-state index in [4.69, 9.17) is 16.3 Å². The number of amides is 1. The highest BCUT2D eigenvalue weighted by atomic mass is 35.5. The number of thioether (sulfide) groups is 1. The first kappa shape index (κ1) is 23.2. The number of aromatic nitrogens is 3. The molecule has 1 aromatic heterocycles. The summed E-state index contributed by atoms with van der Waals surface area (Å²) in [5, 5.41) is 10.1. The van der Waals surface area contributed by atoms with Crippen molar-refractivity contribution in [1.82, 2.24) is 24.6 Å². The molecule has 0 spiro atoms. The molecule has 2 fully saturated rings. The highest BCUT2D eigenvalue weighted by Crippen LogP contribution is 2.39. The van der Waals surface area contributed by atoms with Gasteiger partial charge in [-0.3, -0.25) is 14.3 Å². The molecule has 5 rings (SSSR count). The lowest BCUT2D eigenvalue weighted by molar-refractivity contribution is -0.130. The molecule has 0 N–H and O–H groups in total. The Morgan fingerprint density at radius 2 is 1.74 bits per heavy atom. The number of para-hydroxylation sites is 1. The highest BCUT2D eigenvalue weighted by Gasteiger charge is 2.30. The molecule has 1 aliphatic carbocycles. The molecule has 1 amide bonds. The van der Waals surface area contributed by atoms with E-state index in [-0.39, 0.29) is 5.91 Å². The van der Waals surface area contributed by atoms with Crippen LogP contribution in [0.25, 0.3) is 0 Å². The molecule has 1 saturated carbocycles. The van der Waals surface area contributed by atoms with E-state index in [0.29, 0.717) is 29.2 Å². The summed E-state index contributed by atoms with van der Waals surface area (Å²) in [5.74, 6) is 1.93. The van der Waals surface area contributed by atoms with Crippen molar-refractivity contribution >= 4 is 29.3 Å². The monoisotopic (exact) mass is 497 g/mol. The topological polar surface area (TPSA) is 63.5 Å².